The Morgan fingerprint density at radius 1 is 1.77 bits per heavy atom. The van der Waals surface area contributed by atoms with Gasteiger partial charge in [0.2, 0.25) is 0 Å². The molecule has 0 unspecified atom stereocenters. The Kier molecular flexibility index (Phi) is 4.49. The van der Waals surface area contributed by atoms with Gasteiger partial charge in [0.1, 0.15) is 0 Å². The van der Waals surface area contributed by atoms with Gasteiger partial charge in [-0.05, 0) is 6.42 Å². The highest BCUT2D eigenvalue weighted by molar-refractivity contribution is 5.81. The first kappa shape index (κ1) is 10.2. The minimum absolute atomic E-state index is 0.315. The number of carbonyl (C=O) groups is 1. The van der Waals surface area contributed by atoms with Crippen molar-refractivity contribution in [2.75, 3.05) is 26.9 Å². The predicted molar refractivity (Wildman–Crippen MR) is 48.4 cm³/mol. The van der Waals surface area contributed by atoms with E-state index in [1.54, 1.807) is 6.08 Å². The number of hydrogen-bond donors (Lipinski definition) is 1. The van der Waals surface area contributed by atoms with Gasteiger partial charge >= 0.3 is 5.97 Å². The van der Waals surface area contributed by atoms with Crippen LogP contribution in [-0.2, 0) is 14.3 Å². The van der Waals surface area contributed by atoms with E-state index in [0.717, 1.165) is 19.6 Å². The Bertz CT molecular complexity index is 185. The zero-order valence-corrected chi connectivity index (χ0v) is 7.79. The fraction of sp³-hybridized carbons (Fsp3) is 0.667. The Morgan fingerprint density at radius 3 is 3.23 bits per heavy atom. The Morgan fingerprint density at radius 2 is 2.62 bits per heavy atom. The van der Waals surface area contributed by atoms with Gasteiger partial charge in [-0.3, -0.25) is 0 Å². The van der Waals surface area contributed by atoms with Gasteiger partial charge in [0.15, 0.2) is 0 Å². The van der Waals surface area contributed by atoms with E-state index in [1.165, 1.54) is 13.2 Å². The smallest absolute Gasteiger partial charge is 0.330 e. The molecule has 0 aliphatic carbocycles. The quantitative estimate of drug-likeness (QED) is 0.498. The van der Waals surface area contributed by atoms with Gasteiger partial charge in [-0.25, -0.2) is 4.79 Å². The van der Waals surface area contributed by atoms with Crippen LogP contribution in [0, 0.1) is 0 Å². The molecule has 4 nitrogen and oxygen atoms in total. The summed E-state index contributed by atoms with van der Waals surface area (Å²) in [4.78, 5) is 10.6. The molecule has 4 heteroatoms. The molecule has 1 atom stereocenters. The van der Waals surface area contributed by atoms with Crippen molar-refractivity contribution >= 4 is 5.97 Å². The normalized spacial score (nSPS) is 22.4. The monoisotopic (exact) mass is 185 g/mol. The first-order valence-corrected chi connectivity index (χ1v) is 4.38. The van der Waals surface area contributed by atoms with Crippen molar-refractivity contribution in [3.63, 3.8) is 0 Å². The van der Waals surface area contributed by atoms with E-state index in [0.29, 0.717) is 12.6 Å². The molecule has 1 rings (SSSR count). The maximum Gasteiger partial charge on any atom is 0.330 e. The summed E-state index contributed by atoms with van der Waals surface area (Å²) in [7, 11) is 1.37. The van der Waals surface area contributed by atoms with Crippen LogP contribution in [0.3, 0.4) is 0 Å². The molecule has 0 aromatic carbocycles. The van der Waals surface area contributed by atoms with Gasteiger partial charge in [0, 0.05) is 25.3 Å². The Balaban J connectivity index is 2.05. The van der Waals surface area contributed by atoms with E-state index in [1.807, 2.05) is 0 Å². The lowest BCUT2D eigenvalue weighted by Crippen LogP contribution is -2.29. The summed E-state index contributed by atoms with van der Waals surface area (Å²) >= 11 is 0. The molecule has 0 bridgehead atoms. The molecule has 1 aliphatic heterocycles. The molecule has 0 aromatic rings. The van der Waals surface area contributed by atoms with Gasteiger partial charge in [0.05, 0.1) is 13.7 Å². The maximum atomic E-state index is 10.6. The van der Waals surface area contributed by atoms with E-state index < -0.39 is 0 Å². The van der Waals surface area contributed by atoms with Crippen LogP contribution in [0.25, 0.3) is 0 Å². The Labute approximate surface area is 77.9 Å². The molecule has 1 saturated heterocycles. The Hall–Kier alpha value is -0.870. The lowest BCUT2D eigenvalue weighted by atomic mass is 10.2. The van der Waals surface area contributed by atoms with Crippen molar-refractivity contribution in [2.45, 2.75) is 12.5 Å². The molecule has 0 radical (unpaired) electrons. The largest absolute Gasteiger partial charge is 0.466 e. The molecule has 0 spiro atoms. The molecule has 1 heterocycles. The summed E-state index contributed by atoms with van der Waals surface area (Å²) in [6, 6.07) is 0.433. The number of esters is 1. The van der Waals surface area contributed by atoms with Crippen LogP contribution in [0.15, 0.2) is 12.2 Å². The van der Waals surface area contributed by atoms with Crippen LogP contribution in [0.1, 0.15) is 6.42 Å². The maximum absolute atomic E-state index is 10.6. The van der Waals surface area contributed by atoms with Crippen LogP contribution in [-0.4, -0.2) is 38.9 Å². The number of ether oxygens (including phenoxy) is 2. The van der Waals surface area contributed by atoms with Crippen molar-refractivity contribution in [3.8, 4) is 0 Å². The number of carbonyl (C=O) groups excluding carboxylic acids is 1. The number of rotatable bonds is 4. The van der Waals surface area contributed by atoms with Crippen molar-refractivity contribution in [3.05, 3.63) is 12.2 Å². The summed E-state index contributed by atoms with van der Waals surface area (Å²) in [5.41, 5.74) is 0. The summed E-state index contributed by atoms with van der Waals surface area (Å²) in [6.45, 7) is 2.29. The first-order valence-electron chi connectivity index (χ1n) is 4.38. The predicted octanol–water partition coefficient (Wildman–Crippen LogP) is 0.0941. The molecule has 1 fully saturated rings. The summed E-state index contributed by atoms with van der Waals surface area (Å²) in [5, 5.41) is 3.24. The van der Waals surface area contributed by atoms with Crippen molar-refractivity contribution in [1.29, 1.82) is 0 Å². The lowest BCUT2D eigenvalue weighted by Gasteiger charge is -2.06. The molecule has 1 N–H and O–H groups in total. The van der Waals surface area contributed by atoms with Crippen LogP contribution in [0.2, 0.25) is 0 Å². The third-order valence-corrected chi connectivity index (χ3v) is 1.91. The highest BCUT2D eigenvalue weighted by Crippen LogP contribution is 2.02. The number of nitrogens with one attached hydrogen (secondary N) is 1. The average Bonchev–Trinajstić information content (AvgIpc) is 2.64. The SMILES string of the molecule is COC(=O)C=CCN[C@@H]1CCOC1. The van der Waals surface area contributed by atoms with E-state index in [4.69, 9.17) is 4.74 Å². The van der Waals surface area contributed by atoms with Crippen molar-refractivity contribution in [1.82, 2.24) is 5.32 Å². The minimum atomic E-state index is -0.315. The molecular formula is C9H15NO3. The van der Waals surface area contributed by atoms with E-state index in [2.05, 4.69) is 10.1 Å². The third-order valence-electron chi connectivity index (χ3n) is 1.91. The topological polar surface area (TPSA) is 47.6 Å². The highest BCUT2D eigenvalue weighted by Gasteiger charge is 2.13. The second kappa shape index (κ2) is 5.72. The van der Waals surface area contributed by atoms with E-state index in [-0.39, 0.29) is 5.97 Å². The molecule has 1 aliphatic rings. The summed E-state index contributed by atoms with van der Waals surface area (Å²) in [6.07, 6.45) is 4.22. The van der Waals surface area contributed by atoms with Crippen LogP contribution in [0.4, 0.5) is 0 Å². The van der Waals surface area contributed by atoms with Crippen LogP contribution in [0.5, 0.6) is 0 Å². The van der Waals surface area contributed by atoms with Gasteiger partial charge in [-0.2, -0.15) is 0 Å². The number of hydrogen-bond acceptors (Lipinski definition) is 4. The minimum Gasteiger partial charge on any atom is -0.466 e. The zero-order valence-electron chi connectivity index (χ0n) is 7.79. The second-order valence-electron chi connectivity index (χ2n) is 2.89. The van der Waals surface area contributed by atoms with Gasteiger partial charge in [0.25, 0.3) is 0 Å². The van der Waals surface area contributed by atoms with Crippen LogP contribution >= 0.6 is 0 Å². The molecule has 0 saturated carbocycles. The zero-order chi connectivity index (χ0) is 9.52. The molecular weight excluding hydrogens is 170 g/mol. The highest BCUT2D eigenvalue weighted by atomic mass is 16.5. The fourth-order valence-corrected chi connectivity index (χ4v) is 1.15. The van der Waals surface area contributed by atoms with Gasteiger partial charge < -0.3 is 14.8 Å². The van der Waals surface area contributed by atoms with Crippen LogP contribution < -0.4 is 5.32 Å². The molecule has 74 valence electrons. The number of methoxy groups -OCH3 is 1. The van der Waals surface area contributed by atoms with Crippen molar-refractivity contribution < 1.29 is 14.3 Å². The standard InChI is InChI=1S/C9H15NO3/c1-12-9(11)3-2-5-10-8-4-6-13-7-8/h2-3,8,10H,4-7H2,1H3/t8-/m1/s1. The van der Waals surface area contributed by atoms with E-state index >= 15 is 0 Å². The summed E-state index contributed by atoms with van der Waals surface area (Å²) < 4.78 is 9.62. The molecule has 0 aromatic heterocycles. The summed E-state index contributed by atoms with van der Waals surface area (Å²) in [5.74, 6) is -0.315. The van der Waals surface area contributed by atoms with E-state index in [9.17, 15) is 4.79 Å². The van der Waals surface area contributed by atoms with Gasteiger partial charge in [-0.1, -0.05) is 6.08 Å². The molecule has 13 heavy (non-hydrogen) atoms. The van der Waals surface area contributed by atoms with Crippen molar-refractivity contribution in [2.24, 2.45) is 0 Å². The lowest BCUT2D eigenvalue weighted by molar-refractivity contribution is -0.134. The molecule has 0 amide bonds. The average molecular weight is 185 g/mol. The third kappa shape index (κ3) is 4.05. The van der Waals surface area contributed by atoms with Gasteiger partial charge in [-0.15, -0.1) is 0 Å². The first-order chi connectivity index (χ1) is 6.33. The fourth-order valence-electron chi connectivity index (χ4n) is 1.15. The second-order valence-corrected chi connectivity index (χ2v) is 2.89.